The van der Waals surface area contributed by atoms with Crippen molar-refractivity contribution in [1.82, 2.24) is 9.97 Å². The number of thiocarbonyl (C=S) groups is 1. The van der Waals surface area contributed by atoms with E-state index in [1.54, 1.807) is 29.5 Å². The molecule has 0 saturated heterocycles. The van der Waals surface area contributed by atoms with Crippen molar-refractivity contribution in [3.05, 3.63) is 64.0 Å². The van der Waals surface area contributed by atoms with Gasteiger partial charge in [0.2, 0.25) is 11.8 Å². The van der Waals surface area contributed by atoms with Crippen LogP contribution in [0.4, 0.5) is 5.82 Å². The molecule has 0 aliphatic heterocycles. The second-order valence-electron chi connectivity index (χ2n) is 6.62. The lowest BCUT2D eigenvalue weighted by molar-refractivity contribution is 0.0696. The van der Waals surface area contributed by atoms with E-state index in [4.69, 9.17) is 26.8 Å². The maximum atomic E-state index is 11.0. The number of nitrogens with one attached hydrogen (secondary N) is 1. The maximum Gasteiger partial charge on any atom is 0.337 e. The number of carboxylic acid groups (broad SMARTS) is 1. The zero-order chi connectivity index (χ0) is 21.5. The van der Waals surface area contributed by atoms with Crippen LogP contribution in [0, 0.1) is 0 Å². The number of aromatic nitrogens is 2. The third-order valence-corrected chi connectivity index (χ3v) is 4.94. The molecule has 7 nitrogen and oxygen atoms in total. The van der Waals surface area contributed by atoms with Gasteiger partial charge in [0.15, 0.2) is 0 Å². The molecule has 3 aromatic heterocycles. The van der Waals surface area contributed by atoms with Crippen molar-refractivity contribution in [2.24, 2.45) is 0 Å². The number of pyridine rings is 2. The molecule has 0 radical (unpaired) electrons. The summed E-state index contributed by atoms with van der Waals surface area (Å²) in [4.78, 5) is 19.8. The maximum absolute atomic E-state index is 11.0. The highest BCUT2D eigenvalue weighted by molar-refractivity contribution is 7.81. The average Bonchev–Trinajstić information content (AvgIpc) is 3.21. The van der Waals surface area contributed by atoms with Gasteiger partial charge in [-0.1, -0.05) is 12.2 Å². The van der Waals surface area contributed by atoms with Gasteiger partial charge < -0.3 is 19.9 Å². The van der Waals surface area contributed by atoms with E-state index in [2.05, 4.69) is 26.7 Å². The van der Waals surface area contributed by atoms with Gasteiger partial charge in [0.25, 0.3) is 0 Å². The van der Waals surface area contributed by atoms with Crippen LogP contribution in [0.5, 0.6) is 11.8 Å². The number of carbonyl (C=O) groups is 1. The van der Waals surface area contributed by atoms with Crippen LogP contribution in [-0.2, 0) is 6.42 Å². The van der Waals surface area contributed by atoms with Gasteiger partial charge in [-0.15, -0.1) is 0 Å². The Balaban J connectivity index is 1.73. The highest BCUT2D eigenvalue weighted by atomic mass is 32.1. The Morgan fingerprint density at radius 2 is 2.03 bits per heavy atom. The largest absolute Gasteiger partial charge is 0.478 e. The number of rotatable bonds is 9. The molecule has 0 aromatic carbocycles. The zero-order valence-corrected chi connectivity index (χ0v) is 18.1. The first-order valence-corrected chi connectivity index (χ1v) is 10.6. The fourth-order valence-corrected chi connectivity index (χ4v) is 3.40. The Morgan fingerprint density at radius 1 is 1.23 bits per heavy atom. The SMILES string of the molecule is CC(C)Oc1cc(C(=S)Nc2ccc(C(=O)O)cn2)cc(OCCc2ccsc2)n1. The van der Waals surface area contributed by atoms with Gasteiger partial charge in [-0.05, 0) is 48.4 Å². The number of aromatic carboxylic acids is 1. The van der Waals surface area contributed by atoms with E-state index in [1.165, 1.54) is 17.8 Å². The number of anilines is 1. The third kappa shape index (κ3) is 6.23. The Kier molecular flexibility index (Phi) is 7.31. The smallest absolute Gasteiger partial charge is 0.337 e. The standard InChI is InChI=1S/C21H21N3O4S2/c1-13(2)28-19-10-16(9-18(24-19)27-7-5-14-6-8-30-12-14)20(29)23-17-4-3-15(11-22-17)21(25)26/h3-4,6,8-13H,5,7H2,1-2H3,(H,25,26)(H,22,23,29). The van der Waals surface area contributed by atoms with Crippen molar-refractivity contribution < 1.29 is 19.4 Å². The normalized spacial score (nSPS) is 10.6. The number of thiophene rings is 1. The molecule has 0 unspecified atom stereocenters. The summed E-state index contributed by atoms with van der Waals surface area (Å²) in [6.07, 6.45) is 1.99. The molecule has 0 aliphatic carbocycles. The number of nitrogens with zero attached hydrogens (tertiary/aromatic N) is 2. The van der Waals surface area contributed by atoms with Crippen LogP contribution >= 0.6 is 23.6 Å². The first kappa shape index (κ1) is 21.7. The predicted molar refractivity (Wildman–Crippen MR) is 120 cm³/mol. The molecule has 3 aromatic rings. The van der Waals surface area contributed by atoms with Gasteiger partial charge in [-0.25, -0.2) is 9.78 Å². The van der Waals surface area contributed by atoms with E-state index in [-0.39, 0.29) is 11.7 Å². The van der Waals surface area contributed by atoms with Crippen LogP contribution in [0.15, 0.2) is 47.3 Å². The van der Waals surface area contributed by atoms with Crippen LogP contribution in [0.1, 0.15) is 35.3 Å². The van der Waals surface area contributed by atoms with Gasteiger partial charge >= 0.3 is 5.97 Å². The molecule has 3 heterocycles. The summed E-state index contributed by atoms with van der Waals surface area (Å²) >= 11 is 7.14. The van der Waals surface area contributed by atoms with Gasteiger partial charge in [-0.3, -0.25) is 0 Å². The highest BCUT2D eigenvalue weighted by Gasteiger charge is 2.12. The van der Waals surface area contributed by atoms with Crippen LogP contribution in [0.3, 0.4) is 0 Å². The molecule has 30 heavy (non-hydrogen) atoms. The Hall–Kier alpha value is -3.04. The van der Waals surface area contributed by atoms with Crippen LogP contribution < -0.4 is 14.8 Å². The predicted octanol–water partition coefficient (Wildman–Crippen LogP) is 4.43. The van der Waals surface area contributed by atoms with E-state index in [0.717, 1.165) is 6.42 Å². The van der Waals surface area contributed by atoms with Crippen molar-refractivity contribution in [3.8, 4) is 11.8 Å². The highest BCUT2D eigenvalue weighted by Crippen LogP contribution is 2.21. The van der Waals surface area contributed by atoms with E-state index in [1.807, 2.05) is 19.2 Å². The van der Waals surface area contributed by atoms with Crippen LogP contribution in [0.2, 0.25) is 0 Å². The fourth-order valence-electron chi connectivity index (χ4n) is 2.48. The molecule has 9 heteroatoms. The summed E-state index contributed by atoms with van der Waals surface area (Å²) in [7, 11) is 0. The Morgan fingerprint density at radius 3 is 2.67 bits per heavy atom. The Bertz CT molecular complexity index is 1010. The van der Waals surface area contributed by atoms with Crippen molar-refractivity contribution in [2.45, 2.75) is 26.4 Å². The Labute approximate surface area is 183 Å². The molecule has 3 rings (SSSR count). The minimum absolute atomic E-state index is 0.0573. The molecule has 0 amide bonds. The third-order valence-electron chi connectivity index (χ3n) is 3.87. The minimum atomic E-state index is -1.04. The molecule has 0 spiro atoms. The second-order valence-corrected chi connectivity index (χ2v) is 7.81. The molecule has 2 N–H and O–H groups in total. The lowest BCUT2D eigenvalue weighted by atomic mass is 10.2. The first-order chi connectivity index (χ1) is 14.4. The van der Waals surface area contributed by atoms with Crippen LogP contribution in [-0.4, -0.2) is 38.7 Å². The molecule has 0 atom stereocenters. The minimum Gasteiger partial charge on any atom is -0.478 e. The number of carboxylic acids is 1. The monoisotopic (exact) mass is 443 g/mol. The summed E-state index contributed by atoms with van der Waals surface area (Å²) in [5, 5.41) is 16.1. The van der Waals surface area contributed by atoms with E-state index < -0.39 is 5.97 Å². The van der Waals surface area contributed by atoms with Crippen molar-refractivity contribution >= 4 is 40.3 Å². The van der Waals surface area contributed by atoms with E-state index in [9.17, 15) is 4.79 Å². The van der Waals surface area contributed by atoms with Crippen LogP contribution in [0.25, 0.3) is 0 Å². The summed E-state index contributed by atoms with van der Waals surface area (Å²) in [6, 6.07) is 8.54. The molecule has 156 valence electrons. The zero-order valence-electron chi connectivity index (χ0n) is 16.5. The van der Waals surface area contributed by atoms with Gasteiger partial charge in [0.1, 0.15) is 10.8 Å². The molecule has 0 saturated carbocycles. The molecular weight excluding hydrogens is 422 g/mol. The topological polar surface area (TPSA) is 93.6 Å². The lowest BCUT2D eigenvalue weighted by Gasteiger charge is -2.14. The number of hydrogen-bond acceptors (Lipinski definition) is 7. The first-order valence-electron chi connectivity index (χ1n) is 9.24. The van der Waals surface area contributed by atoms with Crippen molar-refractivity contribution in [1.29, 1.82) is 0 Å². The number of ether oxygens (including phenoxy) is 2. The van der Waals surface area contributed by atoms with Gasteiger partial charge in [0.05, 0.1) is 18.3 Å². The molecule has 0 aliphatic rings. The average molecular weight is 444 g/mol. The second kappa shape index (κ2) is 10.1. The summed E-state index contributed by atoms with van der Waals surface area (Å²) in [6.45, 7) is 4.30. The summed E-state index contributed by atoms with van der Waals surface area (Å²) in [5.41, 5.74) is 1.97. The quantitative estimate of drug-likeness (QED) is 0.469. The molecule has 0 fully saturated rings. The molecule has 0 bridgehead atoms. The van der Waals surface area contributed by atoms with E-state index in [0.29, 0.717) is 34.7 Å². The van der Waals surface area contributed by atoms with Crippen molar-refractivity contribution in [2.75, 3.05) is 11.9 Å². The van der Waals surface area contributed by atoms with E-state index >= 15 is 0 Å². The summed E-state index contributed by atoms with van der Waals surface area (Å²) < 4.78 is 11.6. The van der Waals surface area contributed by atoms with Crippen molar-refractivity contribution in [3.63, 3.8) is 0 Å². The van der Waals surface area contributed by atoms with Gasteiger partial charge in [-0.2, -0.15) is 16.3 Å². The fraction of sp³-hybridized carbons (Fsp3) is 0.238. The van der Waals surface area contributed by atoms with Gasteiger partial charge in [0, 0.05) is 30.3 Å². The summed E-state index contributed by atoms with van der Waals surface area (Å²) in [5.74, 6) is 0.224. The molecular formula is C21H21N3O4S2. The lowest BCUT2D eigenvalue weighted by Crippen LogP contribution is -2.14. The number of hydrogen-bond donors (Lipinski definition) is 2.